The van der Waals surface area contributed by atoms with E-state index in [1.807, 2.05) is 25.1 Å². The lowest BCUT2D eigenvalue weighted by atomic mass is 9.97. The Morgan fingerprint density at radius 3 is 2.89 bits per heavy atom. The van der Waals surface area contributed by atoms with Crippen LogP contribution in [0, 0.1) is 18.3 Å². The van der Waals surface area contributed by atoms with Crippen LogP contribution in [0.25, 0.3) is 0 Å². The Bertz CT molecular complexity index is 516. The zero-order valence-electron chi connectivity index (χ0n) is 11.6. The fraction of sp³-hybridized carbons (Fsp3) is 0.500. The summed E-state index contributed by atoms with van der Waals surface area (Å²) in [5.74, 6) is 0.269. The van der Waals surface area contributed by atoms with Gasteiger partial charge in [0, 0.05) is 6.54 Å². The second kappa shape index (κ2) is 5.99. The molecule has 0 spiro atoms. The Balaban J connectivity index is 2.15. The summed E-state index contributed by atoms with van der Waals surface area (Å²) >= 11 is 0. The van der Waals surface area contributed by atoms with Gasteiger partial charge in [-0.2, -0.15) is 5.26 Å². The maximum atomic E-state index is 11.7. The number of carbonyl (C=O) groups excluding carboxylic acids is 1. The minimum Gasteiger partial charge on any atom is -0.298 e. The third-order valence-electron chi connectivity index (χ3n) is 3.93. The lowest BCUT2D eigenvalue weighted by Gasteiger charge is -2.34. The number of aryl methyl sites for hydroxylation is 1. The number of hydrogen-bond acceptors (Lipinski definition) is 3. The standard InChI is InChI=1S/C16H20N2O/c1-12-9-14(10-17)6-7-15(12)11-18-8-4-3-5-16(18)13(2)19/h6-7,9,16H,3-5,8,11H2,1-2H3. The fourth-order valence-electron chi connectivity index (χ4n) is 2.80. The van der Waals surface area contributed by atoms with Gasteiger partial charge in [-0.3, -0.25) is 9.69 Å². The summed E-state index contributed by atoms with van der Waals surface area (Å²) in [6.07, 6.45) is 3.29. The second-order valence-electron chi connectivity index (χ2n) is 5.35. The van der Waals surface area contributed by atoms with Crippen LogP contribution in [0.5, 0.6) is 0 Å². The average Bonchev–Trinajstić information content (AvgIpc) is 2.41. The first-order valence-electron chi connectivity index (χ1n) is 6.86. The van der Waals surface area contributed by atoms with Gasteiger partial charge in [-0.25, -0.2) is 0 Å². The number of carbonyl (C=O) groups is 1. The van der Waals surface area contributed by atoms with Gasteiger partial charge in [0.2, 0.25) is 0 Å². The molecule has 1 atom stereocenters. The number of likely N-dealkylation sites (tertiary alicyclic amines) is 1. The molecule has 0 bridgehead atoms. The molecule has 0 aromatic heterocycles. The van der Waals surface area contributed by atoms with E-state index in [4.69, 9.17) is 5.26 Å². The van der Waals surface area contributed by atoms with Crippen molar-refractivity contribution in [3.05, 3.63) is 34.9 Å². The summed E-state index contributed by atoms with van der Waals surface area (Å²) in [5, 5.41) is 8.88. The highest BCUT2D eigenvalue weighted by Crippen LogP contribution is 2.22. The van der Waals surface area contributed by atoms with Gasteiger partial charge in [-0.15, -0.1) is 0 Å². The molecule has 3 nitrogen and oxygen atoms in total. The Morgan fingerprint density at radius 2 is 2.26 bits per heavy atom. The van der Waals surface area contributed by atoms with E-state index in [2.05, 4.69) is 11.0 Å². The summed E-state index contributed by atoms with van der Waals surface area (Å²) in [5.41, 5.74) is 3.04. The van der Waals surface area contributed by atoms with Crippen LogP contribution >= 0.6 is 0 Å². The third kappa shape index (κ3) is 3.21. The summed E-state index contributed by atoms with van der Waals surface area (Å²) in [6, 6.07) is 8.02. The Morgan fingerprint density at radius 1 is 1.47 bits per heavy atom. The number of hydrogen-bond donors (Lipinski definition) is 0. The lowest BCUT2D eigenvalue weighted by Crippen LogP contribution is -2.43. The third-order valence-corrected chi connectivity index (χ3v) is 3.93. The Labute approximate surface area is 114 Å². The van der Waals surface area contributed by atoms with E-state index < -0.39 is 0 Å². The molecule has 1 saturated heterocycles. The second-order valence-corrected chi connectivity index (χ2v) is 5.35. The first kappa shape index (κ1) is 13.8. The van der Waals surface area contributed by atoms with Crippen molar-refractivity contribution in [3.63, 3.8) is 0 Å². The SMILES string of the molecule is CC(=O)C1CCCCN1Cc1ccc(C#N)cc1C. The number of nitriles is 1. The number of ketones is 1. The molecule has 1 heterocycles. The lowest BCUT2D eigenvalue weighted by molar-refractivity contribution is -0.123. The minimum absolute atomic E-state index is 0.0730. The Hall–Kier alpha value is -1.66. The molecule has 0 N–H and O–H groups in total. The topological polar surface area (TPSA) is 44.1 Å². The van der Waals surface area contributed by atoms with Gasteiger partial charge in [-0.1, -0.05) is 12.5 Å². The van der Waals surface area contributed by atoms with Crippen molar-refractivity contribution in [2.24, 2.45) is 0 Å². The molecule has 1 unspecified atom stereocenters. The number of Topliss-reactive ketones (excluding diaryl/α,β-unsaturated/α-hetero) is 1. The van der Waals surface area contributed by atoms with Crippen molar-refractivity contribution in [3.8, 4) is 6.07 Å². The summed E-state index contributed by atoms with van der Waals surface area (Å²) < 4.78 is 0. The quantitative estimate of drug-likeness (QED) is 0.835. The highest BCUT2D eigenvalue weighted by Gasteiger charge is 2.26. The monoisotopic (exact) mass is 256 g/mol. The zero-order valence-corrected chi connectivity index (χ0v) is 11.6. The Kier molecular flexibility index (Phi) is 4.34. The summed E-state index contributed by atoms with van der Waals surface area (Å²) in [4.78, 5) is 14.0. The first-order valence-corrected chi connectivity index (χ1v) is 6.86. The molecule has 19 heavy (non-hydrogen) atoms. The molecule has 1 aromatic rings. The highest BCUT2D eigenvalue weighted by atomic mass is 16.1. The molecule has 1 aliphatic rings. The van der Waals surface area contributed by atoms with Crippen molar-refractivity contribution in [2.75, 3.05) is 6.54 Å². The number of rotatable bonds is 3. The molecular formula is C16H20N2O. The molecule has 1 fully saturated rings. The molecule has 100 valence electrons. The van der Waals surface area contributed by atoms with Crippen molar-refractivity contribution in [1.82, 2.24) is 4.90 Å². The van der Waals surface area contributed by atoms with E-state index in [9.17, 15) is 4.79 Å². The van der Waals surface area contributed by atoms with E-state index >= 15 is 0 Å². The van der Waals surface area contributed by atoms with Crippen LogP contribution in [0.4, 0.5) is 0 Å². The maximum Gasteiger partial charge on any atom is 0.146 e. The molecule has 0 amide bonds. The number of nitrogens with zero attached hydrogens (tertiary/aromatic N) is 2. The van der Waals surface area contributed by atoms with Gasteiger partial charge in [0.25, 0.3) is 0 Å². The van der Waals surface area contributed by atoms with Gasteiger partial charge < -0.3 is 0 Å². The predicted octanol–water partition coefficient (Wildman–Crippen LogP) is 2.81. The van der Waals surface area contributed by atoms with E-state index in [0.717, 1.165) is 31.5 Å². The maximum absolute atomic E-state index is 11.7. The molecular weight excluding hydrogens is 236 g/mol. The van der Waals surface area contributed by atoms with Crippen molar-refractivity contribution < 1.29 is 4.79 Å². The van der Waals surface area contributed by atoms with E-state index in [-0.39, 0.29) is 11.8 Å². The van der Waals surface area contributed by atoms with Crippen molar-refractivity contribution >= 4 is 5.78 Å². The van der Waals surface area contributed by atoms with Gasteiger partial charge in [0.1, 0.15) is 5.78 Å². The summed E-state index contributed by atoms with van der Waals surface area (Å²) in [7, 11) is 0. The fourth-order valence-corrected chi connectivity index (χ4v) is 2.80. The highest BCUT2D eigenvalue weighted by molar-refractivity contribution is 5.81. The van der Waals surface area contributed by atoms with Crippen molar-refractivity contribution in [1.29, 1.82) is 5.26 Å². The average molecular weight is 256 g/mol. The van der Waals surface area contributed by atoms with Crippen LogP contribution in [0.15, 0.2) is 18.2 Å². The van der Waals surface area contributed by atoms with Gasteiger partial charge >= 0.3 is 0 Å². The molecule has 0 saturated carbocycles. The zero-order chi connectivity index (χ0) is 13.8. The van der Waals surface area contributed by atoms with Crippen LogP contribution in [-0.4, -0.2) is 23.3 Å². The minimum atomic E-state index is 0.0730. The van der Waals surface area contributed by atoms with Crippen molar-refractivity contribution in [2.45, 2.75) is 45.7 Å². The van der Waals surface area contributed by atoms with E-state index in [1.54, 1.807) is 6.92 Å². The summed E-state index contributed by atoms with van der Waals surface area (Å²) in [6.45, 7) is 5.52. The number of piperidine rings is 1. The van der Waals surface area contributed by atoms with Gasteiger partial charge in [-0.05, 0) is 56.5 Å². The molecule has 1 aliphatic heterocycles. The molecule has 1 aromatic carbocycles. The van der Waals surface area contributed by atoms with Crippen LogP contribution in [0.1, 0.15) is 42.9 Å². The molecule has 2 rings (SSSR count). The molecule has 0 aliphatic carbocycles. The van der Waals surface area contributed by atoms with Gasteiger partial charge in [0.15, 0.2) is 0 Å². The first-order chi connectivity index (χ1) is 9.11. The van der Waals surface area contributed by atoms with E-state index in [0.29, 0.717) is 5.56 Å². The van der Waals surface area contributed by atoms with Crippen LogP contribution < -0.4 is 0 Å². The molecule has 3 heteroatoms. The largest absolute Gasteiger partial charge is 0.298 e. The normalized spacial score (nSPS) is 19.9. The van der Waals surface area contributed by atoms with Gasteiger partial charge in [0.05, 0.1) is 17.7 Å². The van der Waals surface area contributed by atoms with Crippen LogP contribution in [0.3, 0.4) is 0 Å². The molecule has 0 radical (unpaired) electrons. The van der Waals surface area contributed by atoms with E-state index in [1.165, 1.54) is 12.0 Å². The van der Waals surface area contributed by atoms with Crippen LogP contribution in [-0.2, 0) is 11.3 Å². The smallest absolute Gasteiger partial charge is 0.146 e. The predicted molar refractivity (Wildman–Crippen MR) is 74.6 cm³/mol. The number of benzene rings is 1. The van der Waals surface area contributed by atoms with Crippen LogP contribution in [0.2, 0.25) is 0 Å².